The van der Waals surface area contributed by atoms with Crippen LogP contribution in [0.15, 0.2) is 97.6 Å². The highest BCUT2D eigenvalue weighted by Gasteiger charge is 2.56. The van der Waals surface area contributed by atoms with Crippen LogP contribution in [0.4, 0.5) is 10.0 Å². The van der Waals surface area contributed by atoms with Gasteiger partial charge in [-0.15, -0.1) is 4.20 Å². The van der Waals surface area contributed by atoms with Crippen LogP contribution in [0.3, 0.4) is 0 Å². The Labute approximate surface area is 270 Å². The third-order valence-electron chi connectivity index (χ3n) is 8.40. The van der Waals surface area contributed by atoms with Crippen LogP contribution in [-0.4, -0.2) is 62.2 Å². The molecule has 0 radical (unpaired) electrons. The number of imidazole rings is 1. The maximum Gasteiger partial charge on any atom is 0.510 e. The molecule has 0 amide bonds. The Bertz CT molecular complexity index is 1870. The molecule has 0 saturated carbocycles. The maximum absolute atomic E-state index is 13.4. The Morgan fingerprint density at radius 2 is 1.55 bits per heavy atom. The van der Waals surface area contributed by atoms with E-state index in [0.717, 1.165) is 22.4 Å². The van der Waals surface area contributed by atoms with Crippen LogP contribution < -0.4 is 10.1 Å². The zero-order valence-corrected chi connectivity index (χ0v) is 26.7. The van der Waals surface area contributed by atoms with Crippen LogP contribution in [0, 0.1) is 0 Å². The van der Waals surface area contributed by atoms with E-state index >= 15 is 0 Å². The highest BCUT2D eigenvalue weighted by Crippen LogP contribution is 2.48. The Morgan fingerprint density at radius 1 is 0.936 bits per heavy atom. The van der Waals surface area contributed by atoms with Gasteiger partial charge in [0.05, 0.1) is 20.0 Å². The second-order valence-electron chi connectivity index (χ2n) is 11.8. The molecule has 1 unspecified atom stereocenters. The van der Waals surface area contributed by atoms with E-state index in [4.69, 9.17) is 28.8 Å². The summed E-state index contributed by atoms with van der Waals surface area (Å²) in [5, 5.41) is 3.75. The number of nitrogens with zero attached hydrogens (tertiary/aromatic N) is 4. The van der Waals surface area contributed by atoms with Crippen molar-refractivity contribution in [3.63, 3.8) is 0 Å². The molecule has 0 spiro atoms. The van der Waals surface area contributed by atoms with Gasteiger partial charge in [-0.1, -0.05) is 72.8 Å². The first-order valence-corrected chi connectivity index (χ1v) is 16.4. The normalized spacial score (nSPS) is 23.3. The Morgan fingerprint density at radius 3 is 2.17 bits per heavy atom. The molecule has 244 valence electrons. The molecule has 2 aromatic heterocycles. The topological polar surface area (TPSA) is 139 Å². The second kappa shape index (κ2) is 12.1. The summed E-state index contributed by atoms with van der Waals surface area (Å²) in [6.07, 6.45) is -0.110. The predicted molar refractivity (Wildman–Crippen MR) is 169 cm³/mol. The molecular formula is C33H33FN5O7P. The molecular weight excluding hydrogens is 628 g/mol. The fraction of sp³-hybridized carbons (Fsp3) is 0.303. The maximum atomic E-state index is 13.4. The summed E-state index contributed by atoms with van der Waals surface area (Å²) in [5.74, 6) is 0.185. The molecule has 14 heteroatoms. The summed E-state index contributed by atoms with van der Waals surface area (Å²) in [5.41, 5.74) is 2.82. The molecule has 4 heterocycles. The van der Waals surface area contributed by atoms with Gasteiger partial charge in [-0.2, -0.15) is 0 Å². The molecule has 0 bridgehead atoms. The van der Waals surface area contributed by atoms with Crippen molar-refractivity contribution in [1.29, 1.82) is 0 Å². The fourth-order valence-corrected chi connectivity index (χ4v) is 6.75. The van der Waals surface area contributed by atoms with E-state index in [1.807, 2.05) is 60.7 Å². The van der Waals surface area contributed by atoms with Gasteiger partial charge in [0.1, 0.15) is 35.9 Å². The summed E-state index contributed by atoms with van der Waals surface area (Å²) in [6, 6.07) is 28.0. The lowest BCUT2D eigenvalue weighted by Crippen LogP contribution is -2.38. The van der Waals surface area contributed by atoms with Gasteiger partial charge in [-0.25, -0.2) is 19.5 Å². The molecule has 12 nitrogen and oxygen atoms in total. The number of aromatic nitrogens is 4. The first-order valence-electron chi connectivity index (χ1n) is 15.0. The molecule has 2 fully saturated rings. The van der Waals surface area contributed by atoms with E-state index in [0.29, 0.717) is 17.0 Å². The standard InChI is InChI=1S/C33H33FN5O7P/c1-32(2)45-27-25(18-43-47(34,40)41)44-31(28(27)46-32)39-20-37-26-29(35-19-36-30(26)39)38-33(21-10-6-4-7-11-21,22-12-8-5-9-13-22)23-14-16-24(42-3)17-15-23/h4-17,19-20,25,27-28,31H,18H2,1-3H3,(H,40,41)(H,35,36,38)/t25-,27-,28-,31-/m1/s1. The minimum Gasteiger partial charge on any atom is -0.497 e. The lowest BCUT2D eigenvalue weighted by Gasteiger charge is -2.37. The molecule has 2 aliphatic rings. The van der Waals surface area contributed by atoms with Gasteiger partial charge in [-0.3, -0.25) is 14.0 Å². The number of ether oxygens (including phenoxy) is 4. The summed E-state index contributed by atoms with van der Waals surface area (Å²) < 4.78 is 54.8. The number of anilines is 1. The Balaban J connectivity index is 1.33. The summed E-state index contributed by atoms with van der Waals surface area (Å²) in [4.78, 5) is 23.0. The van der Waals surface area contributed by atoms with Crippen molar-refractivity contribution >= 4 is 24.9 Å². The molecule has 2 saturated heterocycles. The van der Waals surface area contributed by atoms with E-state index in [9.17, 15) is 8.76 Å². The minimum atomic E-state index is -5.24. The lowest BCUT2D eigenvalue weighted by atomic mass is 9.77. The number of benzene rings is 3. The van der Waals surface area contributed by atoms with Crippen molar-refractivity contribution in [3.05, 3.63) is 114 Å². The molecule has 2 N–H and O–H groups in total. The molecule has 2 aliphatic heterocycles. The average Bonchev–Trinajstić information content (AvgIpc) is 3.74. The summed E-state index contributed by atoms with van der Waals surface area (Å²) in [6.45, 7) is 2.97. The smallest absolute Gasteiger partial charge is 0.497 e. The Hall–Kier alpha value is -4.23. The van der Waals surface area contributed by atoms with E-state index < -0.39 is 50.4 Å². The molecule has 5 aromatic rings. The molecule has 3 aromatic carbocycles. The van der Waals surface area contributed by atoms with Crippen molar-refractivity contribution in [2.24, 2.45) is 0 Å². The zero-order chi connectivity index (χ0) is 32.8. The molecule has 47 heavy (non-hydrogen) atoms. The molecule has 5 atom stereocenters. The number of halogens is 1. The number of hydrogen-bond acceptors (Lipinski definition) is 10. The quantitative estimate of drug-likeness (QED) is 0.140. The number of hydrogen-bond donors (Lipinski definition) is 2. The zero-order valence-electron chi connectivity index (χ0n) is 25.8. The summed E-state index contributed by atoms with van der Waals surface area (Å²) >= 11 is 0. The van der Waals surface area contributed by atoms with Crippen molar-refractivity contribution in [1.82, 2.24) is 19.5 Å². The largest absolute Gasteiger partial charge is 0.510 e. The van der Waals surface area contributed by atoms with Gasteiger partial charge in [0.2, 0.25) is 0 Å². The van der Waals surface area contributed by atoms with E-state index in [1.54, 1.807) is 31.9 Å². The highest BCUT2D eigenvalue weighted by atomic mass is 31.2. The average molecular weight is 662 g/mol. The van der Waals surface area contributed by atoms with Crippen molar-refractivity contribution < 1.29 is 37.1 Å². The molecule has 7 rings (SSSR count). The predicted octanol–water partition coefficient (Wildman–Crippen LogP) is 5.74. The first kappa shape index (κ1) is 31.4. The molecule has 0 aliphatic carbocycles. The van der Waals surface area contributed by atoms with Gasteiger partial charge >= 0.3 is 7.91 Å². The monoisotopic (exact) mass is 661 g/mol. The van der Waals surface area contributed by atoms with E-state index in [1.165, 1.54) is 6.33 Å². The van der Waals surface area contributed by atoms with Crippen LogP contribution in [0.1, 0.15) is 36.8 Å². The van der Waals surface area contributed by atoms with Gasteiger partial charge in [0.15, 0.2) is 29.0 Å². The van der Waals surface area contributed by atoms with Gasteiger partial charge in [-0.05, 0) is 42.7 Å². The van der Waals surface area contributed by atoms with E-state index in [2.05, 4.69) is 44.1 Å². The first-order chi connectivity index (χ1) is 22.6. The van der Waals surface area contributed by atoms with E-state index in [-0.39, 0.29) is 0 Å². The van der Waals surface area contributed by atoms with Crippen LogP contribution >= 0.6 is 7.91 Å². The van der Waals surface area contributed by atoms with Crippen LogP contribution in [0.25, 0.3) is 11.2 Å². The number of rotatable bonds is 10. The van der Waals surface area contributed by atoms with Crippen LogP contribution in [0.2, 0.25) is 0 Å². The van der Waals surface area contributed by atoms with Crippen molar-refractivity contribution in [2.75, 3.05) is 19.0 Å². The SMILES string of the molecule is COc1ccc(C(Nc2ncnc3c2ncn3[C@@H]2O[C@H](COP(=O)(O)F)[C@H]3OC(C)(C)O[C@H]32)(c2ccccc2)c2ccccc2)cc1. The lowest BCUT2D eigenvalue weighted by molar-refractivity contribution is -0.199. The van der Waals surface area contributed by atoms with Crippen LogP contribution in [-0.2, 0) is 28.8 Å². The van der Waals surface area contributed by atoms with Gasteiger partial charge in [0.25, 0.3) is 0 Å². The van der Waals surface area contributed by atoms with Crippen molar-refractivity contribution in [2.45, 2.75) is 49.7 Å². The number of nitrogens with one attached hydrogen (secondary N) is 1. The fourth-order valence-electron chi connectivity index (χ4n) is 6.42. The number of methoxy groups -OCH3 is 1. The third kappa shape index (κ3) is 5.91. The van der Waals surface area contributed by atoms with Gasteiger partial charge < -0.3 is 24.3 Å². The summed E-state index contributed by atoms with van der Waals surface area (Å²) in [7, 11) is -3.62. The van der Waals surface area contributed by atoms with Crippen molar-refractivity contribution in [3.8, 4) is 5.75 Å². The highest BCUT2D eigenvalue weighted by molar-refractivity contribution is 7.46. The number of fused-ring (bicyclic) bond motifs is 2. The third-order valence-corrected chi connectivity index (χ3v) is 8.87. The van der Waals surface area contributed by atoms with Gasteiger partial charge in [0, 0.05) is 0 Å². The minimum absolute atomic E-state index is 0.434. The van der Waals surface area contributed by atoms with Crippen LogP contribution in [0.5, 0.6) is 5.75 Å². The second-order valence-corrected chi connectivity index (χ2v) is 12.9. The Kier molecular flexibility index (Phi) is 8.07.